The topological polar surface area (TPSA) is 23.6 Å². The normalized spacial score (nSPS) is 19.8. The predicted molar refractivity (Wildman–Crippen MR) is 82.1 cm³/mol. The summed E-state index contributed by atoms with van der Waals surface area (Å²) in [5, 5.41) is 0. The number of carbonyl (C=O) groups excluding carboxylic acids is 1. The molecule has 1 aliphatic heterocycles. The Kier molecular flexibility index (Phi) is 3.74. The summed E-state index contributed by atoms with van der Waals surface area (Å²) in [6, 6.07) is 4.87. The lowest BCUT2D eigenvalue weighted by molar-refractivity contribution is -0.123. The van der Waals surface area contributed by atoms with Crippen molar-refractivity contribution >= 4 is 11.6 Å². The molecule has 21 heavy (non-hydrogen) atoms. The fraction of sp³-hybridized carbons (Fsp3) is 0.588. The van der Waals surface area contributed by atoms with E-state index in [0.29, 0.717) is 6.54 Å². The van der Waals surface area contributed by atoms with Gasteiger partial charge in [0.15, 0.2) is 0 Å². The van der Waals surface area contributed by atoms with Crippen molar-refractivity contribution < 1.29 is 9.18 Å². The van der Waals surface area contributed by atoms with Gasteiger partial charge in [-0.05, 0) is 57.6 Å². The lowest BCUT2D eigenvalue weighted by atomic mass is 9.80. The van der Waals surface area contributed by atoms with Crippen LogP contribution in [0.3, 0.4) is 0 Å². The maximum Gasteiger partial charge on any atom is 0.237 e. The number of hydrogen-bond donors (Lipinski definition) is 0. The smallest absolute Gasteiger partial charge is 0.237 e. The average Bonchev–Trinajstić information content (AvgIpc) is 3.00. The number of amides is 1. The van der Waals surface area contributed by atoms with Crippen LogP contribution in [-0.4, -0.2) is 38.0 Å². The third kappa shape index (κ3) is 2.35. The second-order valence-corrected chi connectivity index (χ2v) is 6.56. The lowest BCUT2D eigenvalue weighted by Crippen LogP contribution is -2.39. The Morgan fingerprint density at radius 1 is 1.29 bits per heavy atom. The molecule has 4 heteroatoms. The number of rotatable bonds is 4. The highest BCUT2D eigenvalue weighted by Crippen LogP contribution is 2.51. The summed E-state index contributed by atoms with van der Waals surface area (Å²) in [5.74, 6) is -0.0615. The van der Waals surface area contributed by atoms with Gasteiger partial charge in [0.2, 0.25) is 5.91 Å². The van der Waals surface area contributed by atoms with E-state index in [-0.39, 0.29) is 17.1 Å². The summed E-state index contributed by atoms with van der Waals surface area (Å²) in [6.07, 6.45) is 4.91. The standard InChI is InChI=1S/C17H23FN2O/c1-19(2)10-5-11-20-15-12-13(18)6-7-14(15)17(16(20)21)8-3-4-9-17/h6-7,12H,3-5,8-11H2,1-2H3. The van der Waals surface area contributed by atoms with Gasteiger partial charge >= 0.3 is 0 Å². The van der Waals surface area contributed by atoms with Crippen molar-refractivity contribution in [1.29, 1.82) is 0 Å². The largest absolute Gasteiger partial charge is 0.311 e. The van der Waals surface area contributed by atoms with Crippen molar-refractivity contribution in [3.05, 3.63) is 29.6 Å². The molecule has 3 nitrogen and oxygen atoms in total. The summed E-state index contributed by atoms with van der Waals surface area (Å²) in [6.45, 7) is 1.61. The number of anilines is 1. The highest BCUT2D eigenvalue weighted by Gasteiger charge is 2.51. The number of nitrogens with zero attached hydrogens (tertiary/aromatic N) is 2. The highest BCUT2D eigenvalue weighted by atomic mass is 19.1. The molecule has 0 atom stereocenters. The van der Waals surface area contributed by atoms with E-state index in [2.05, 4.69) is 4.90 Å². The van der Waals surface area contributed by atoms with Crippen LogP contribution >= 0.6 is 0 Å². The number of hydrogen-bond acceptors (Lipinski definition) is 2. The number of benzene rings is 1. The van der Waals surface area contributed by atoms with Gasteiger partial charge in [-0.1, -0.05) is 18.9 Å². The van der Waals surface area contributed by atoms with Gasteiger partial charge in [0, 0.05) is 6.54 Å². The van der Waals surface area contributed by atoms with Gasteiger partial charge in [0.1, 0.15) is 5.82 Å². The van der Waals surface area contributed by atoms with Crippen molar-refractivity contribution in [1.82, 2.24) is 4.90 Å². The van der Waals surface area contributed by atoms with E-state index in [1.807, 2.05) is 25.1 Å². The first kappa shape index (κ1) is 14.5. The Bertz CT molecular complexity index is 550. The molecule has 0 radical (unpaired) electrons. The molecule has 1 amide bonds. The zero-order valence-electron chi connectivity index (χ0n) is 12.9. The molecule has 3 rings (SSSR count). The van der Waals surface area contributed by atoms with E-state index in [0.717, 1.165) is 49.9 Å². The van der Waals surface area contributed by atoms with Crippen LogP contribution in [0.15, 0.2) is 18.2 Å². The predicted octanol–water partition coefficient (Wildman–Crippen LogP) is 2.94. The molecular weight excluding hydrogens is 267 g/mol. The summed E-state index contributed by atoms with van der Waals surface area (Å²) in [5.41, 5.74) is 1.50. The van der Waals surface area contributed by atoms with Gasteiger partial charge in [-0.15, -0.1) is 0 Å². The molecule has 1 spiro atoms. The van der Waals surface area contributed by atoms with E-state index in [9.17, 15) is 9.18 Å². The van der Waals surface area contributed by atoms with Gasteiger partial charge in [-0.25, -0.2) is 4.39 Å². The average molecular weight is 290 g/mol. The molecule has 0 N–H and O–H groups in total. The third-order valence-corrected chi connectivity index (χ3v) is 4.86. The molecule has 1 aliphatic carbocycles. The number of fused-ring (bicyclic) bond motifs is 2. The molecule has 1 fully saturated rings. The van der Waals surface area contributed by atoms with E-state index in [1.165, 1.54) is 12.1 Å². The van der Waals surface area contributed by atoms with E-state index in [4.69, 9.17) is 0 Å². The Labute approximate surface area is 125 Å². The van der Waals surface area contributed by atoms with Crippen molar-refractivity contribution in [3.8, 4) is 0 Å². The van der Waals surface area contributed by atoms with Crippen molar-refractivity contribution in [2.24, 2.45) is 0 Å². The molecule has 114 valence electrons. The Morgan fingerprint density at radius 3 is 2.67 bits per heavy atom. The monoisotopic (exact) mass is 290 g/mol. The van der Waals surface area contributed by atoms with Crippen LogP contribution < -0.4 is 4.90 Å². The fourth-order valence-corrected chi connectivity index (χ4v) is 3.84. The van der Waals surface area contributed by atoms with E-state index < -0.39 is 0 Å². The number of halogens is 1. The van der Waals surface area contributed by atoms with Gasteiger partial charge in [-0.3, -0.25) is 4.79 Å². The zero-order valence-corrected chi connectivity index (χ0v) is 12.9. The maximum absolute atomic E-state index is 13.6. The first-order valence-electron chi connectivity index (χ1n) is 7.81. The summed E-state index contributed by atoms with van der Waals surface area (Å²) in [4.78, 5) is 16.9. The first-order valence-corrected chi connectivity index (χ1v) is 7.81. The molecule has 1 aromatic carbocycles. The Morgan fingerprint density at radius 2 is 2.00 bits per heavy atom. The zero-order chi connectivity index (χ0) is 15.0. The highest BCUT2D eigenvalue weighted by molar-refractivity contribution is 6.08. The third-order valence-electron chi connectivity index (χ3n) is 4.86. The van der Waals surface area contributed by atoms with Crippen molar-refractivity contribution in [2.75, 3.05) is 32.1 Å². The second-order valence-electron chi connectivity index (χ2n) is 6.56. The van der Waals surface area contributed by atoms with Crippen LogP contribution in [0.1, 0.15) is 37.7 Å². The van der Waals surface area contributed by atoms with Crippen LogP contribution in [0.2, 0.25) is 0 Å². The Hall–Kier alpha value is -1.42. The summed E-state index contributed by atoms with van der Waals surface area (Å²) < 4.78 is 13.6. The summed E-state index contributed by atoms with van der Waals surface area (Å²) >= 11 is 0. The minimum absolute atomic E-state index is 0.194. The van der Waals surface area contributed by atoms with Gasteiger partial charge in [0.25, 0.3) is 0 Å². The van der Waals surface area contributed by atoms with Crippen LogP contribution in [0, 0.1) is 5.82 Å². The molecule has 1 saturated carbocycles. The molecule has 1 aromatic rings. The van der Waals surface area contributed by atoms with Crippen LogP contribution in [0.25, 0.3) is 0 Å². The SMILES string of the molecule is CN(C)CCCN1C(=O)C2(CCCC2)c2ccc(F)cc21. The maximum atomic E-state index is 13.6. The van der Waals surface area contributed by atoms with Crippen molar-refractivity contribution in [3.63, 3.8) is 0 Å². The number of carbonyl (C=O) groups is 1. The van der Waals surface area contributed by atoms with Gasteiger partial charge < -0.3 is 9.80 Å². The fourth-order valence-electron chi connectivity index (χ4n) is 3.84. The Balaban J connectivity index is 1.91. The molecule has 0 unspecified atom stereocenters. The van der Waals surface area contributed by atoms with Crippen LogP contribution in [-0.2, 0) is 10.2 Å². The van der Waals surface area contributed by atoms with E-state index >= 15 is 0 Å². The van der Waals surface area contributed by atoms with Crippen LogP contribution in [0.4, 0.5) is 10.1 Å². The second kappa shape index (κ2) is 5.41. The lowest BCUT2D eigenvalue weighted by Gasteiger charge is -2.24. The molecule has 0 aromatic heterocycles. The molecule has 0 saturated heterocycles. The molecule has 0 bridgehead atoms. The first-order chi connectivity index (χ1) is 10.0. The minimum Gasteiger partial charge on any atom is -0.311 e. The van der Waals surface area contributed by atoms with E-state index in [1.54, 1.807) is 0 Å². The quantitative estimate of drug-likeness (QED) is 0.851. The molecule has 1 heterocycles. The molecular formula is C17H23FN2O. The van der Waals surface area contributed by atoms with Crippen molar-refractivity contribution in [2.45, 2.75) is 37.5 Å². The van der Waals surface area contributed by atoms with Gasteiger partial charge in [0.05, 0.1) is 11.1 Å². The minimum atomic E-state index is -0.360. The van der Waals surface area contributed by atoms with Gasteiger partial charge in [-0.2, -0.15) is 0 Å². The summed E-state index contributed by atoms with van der Waals surface area (Å²) in [7, 11) is 4.05. The van der Waals surface area contributed by atoms with Crippen LogP contribution in [0.5, 0.6) is 0 Å². The molecule has 2 aliphatic rings.